The van der Waals surface area contributed by atoms with Crippen LogP contribution in [0.15, 0.2) is 0 Å². The van der Waals surface area contributed by atoms with Gasteiger partial charge in [-0.25, -0.2) is 0 Å². The van der Waals surface area contributed by atoms with E-state index in [1.807, 2.05) is 20.8 Å². The molecule has 0 aromatic heterocycles. The van der Waals surface area contributed by atoms with Gasteiger partial charge in [-0.1, -0.05) is 20.8 Å². The van der Waals surface area contributed by atoms with Crippen LogP contribution < -0.4 is 0 Å². The summed E-state index contributed by atoms with van der Waals surface area (Å²) in [7, 11) is 1.59. The maximum absolute atomic E-state index is 11.4. The van der Waals surface area contributed by atoms with Crippen LogP contribution in [0.1, 0.15) is 33.6 Å². The molecule has 0 fully saturated rings. The number of carbonyl (C=O) groups excluding carboxylic acids is 1. The van der Waals surface area contributed by atoms with Crippen molar-refractivity contribution in [1.29, 1.82) is 0 Å². The molecule has 0 aromatic rings. The largest absolute Gasteiger partial charge is 0.374 e. The van der Waals surface area contributed by atoms with Gasteiger partial charge in [0, 0.05) is 13.0 Å². The summed E-state index contributed by atoms with van der Waals surface area (Å²) in [5, 5.41) is 0. The summed E-state index contributed by atoms with van der Waals surface area (Å²) in [4.78, 5) is 11.4. The fourth-order valence-corrected chi connectivity index (χ4v) is 1.00. The lowest BCUT2D eigenvalue weighted by molar-refractivity contribution is -0.132. The highest BCUT2D eigenvalue weighted by atomic mass is 16.5. The molecule has 0 N–H and O–H groups in total. The van der Waals surface area contributed by atoms with E-state index in [2.05, 4.69) is 0 Å². The Morgan fingerprint density at radius 1 is 1.36 bits per heavy atom. The average molecular weight is 158 g/mol. The third-order valence-corrected chi connectivity index (χ3v) is 2.07. The summed E-state index contributed by atoms with van der Waals surface area (Å²) >= 11 is 0. The van der Waals surface area contributed by atoms with E-state index in [0.717, 1.165) is 12.8 Å². The maximum Gasteiger partial charge on any atom is 0.164 e. The van der Waals surface area contributed by atoms with Gasteiger partial charge in [0.25, 0.3) is 0 Å². The minimum Gasteiger partial charge on any atom is -0.374 e. The van der Waals surface area contributed by atoms with Gasteiger partial charge < -0.3 is 4.74 Å². The lowest BCUT2D eigenvalue weighted by Crippen LogP contribution is -2.27. The maximum atomic E-state index is 11.4. The quantitative estimate of drug-likeness (QED) is 0.612. The topological polar surface area (TPSA) is 26.3 Å². The van der Waals surface area contributed by atoms with Crippen LogP contribution in [0.4, 0.5) is 0 Å². The SMILES string of the molecule is CCC(C)C(=O)C(CC)OC. The first kappa shape index (κ1) is 10.6. The Labute approximate surface area is 68.9 Å². The van der Waals surface area contributed by atoms with Gasteiger partial charge in [0.15, 0.2) is 5.78 Å². The summed E-state index contributed by atoms with van der Waals surface area (Å²) < 4.78 is 5.03. The first-order valence-electron chi connectivity index (χ1n) is 4.23. The summed E-state index contributed by atoms with van der Waals surface area (Å²) in [6, 6.07) is 0. The van der Waals surface area contributed by atoms with Crippen LogP contribution in [0.3, 0.4) is 0 Å². The molecule has 0 bridgehead atoms. The van der Waals surface area contributed by atoms with E-state index in [9.17, 15) is 4.79 Å². The molecule has 0 spiro atoms. The Hall–Kier alpha value is -0.370. The molecule has 2 heteroatoms. The van der Waals surface area contributed by atoms with Crippen molar-refractivity contribution in [2.24, 2.45) is 5.92 Å². The summed E-state index contributed by atoms with van der Waals surface area (Å²) in [5.74, 6) is 0.373. The van der Waals surface area contributed by atoms with Crippen molar-refractivity contribution in [1.82, 2.24) is 0 Å². The Morgan fingerprint density at radius 2 is 1.91 bits per heavy atom. The molecule has 2 atom stereocenters. The van der Waals surface area contributed by atoms with Crippen molar-refractivity contribution in [3.63, 3.8) is 0 Å². The number of ether oxygens (including phenoxy) is 1. The molecule has 0 aromatic carbocycles. The fourth-order valence-electron chi connectivity index (χ4n) is 1.00. The smallest absolute Gasteiger partial charge is 0.164 e. The molecule has 0 amide bonds. The molecular weight excluding hydrogens is 140 g/mol. The van der Waals surface area contributed by atoms with Crippen molar-refractivity contribution in [3.8, 4) is 0 Å². The molecular formula is C9H18O2. The minimum absolute atomic E-state index is 0.139. The van der Waals surface area contributed by atoms with Gasteiger partial charge in [0.2, 0.25) is 0 Å². The molecule has 2 nitrogen and oxygen atoms in total. The van der Waals surface area contributed by atoms with Gasteiger partial charge in [-0.05, 0) is 12.8 Å². The van der Waals surface area contributed by atoms with Crippen LogP contribution in [0.25, 0.3) is 0 Å². The normalized spacial score (nSPS) is 16.0. The number of Topliss-reactive ketones (excluding diaryl/α,β-unsaturated/α-hetero) is 1. The van der Waals surface area contributed by atoms with Crippen LogP contribution in [0.5, 0.6) is 0 Å². The van der Waals surface area contributed by atoms with Crippen LogP contribution >= 0.6 is 0 Å². The molecule has 0 radical (unpaired) electrons. The minimum atomic E-state index is -0.190. The Balaban J connectivity index is 3.97. The Morgan fingerprint density at radius 3 is 2.18 bits per heavy atom. The van der Waals surface area contributed by atoms with E-state index in [-0.39, 0.29) is 17.8 Å². The number of ketones is 1. The monoisotopic (exact) mass is 158 g/mol. The van der Waals surface area contributed by atoms with Crippen molar-refractivity contribution in [2.75, 3.05) is 7.11 Å². The molecule has 0 aliphatic rings. The molecule has 0 heterocycles. The summed E-state index contributed by atoms with van der Waals surface area (Å²) in [6.45, 7) is 5.93. The molecule has 0 aliphatic heterocycles. The van der Waals surface area contributed by atoms with Gasteiger partial charge in [-0.15, -0.1) is 0 Å². The standard InChI is InChI=1S/C9H18O2/c1-5-7(3)9(10)8(6-2)11-4/h7-8H,5-6H2,1-4H3. The van der Waals surface area contributed by atoms with E-state index >= 15 is 0 Å². The van der Waals surface area contributed by atoms with Crippen LogP contribution in [-0.2, 0) is 9.53 Å². The van der Waals surface area contributed by atoms with Gasteiger partial charge in [0.05, 0.1) is 0 Å². The molecule has 11 heavy (non-hydrogen) atoms. The number of rotatable bonds is 5. The zero-order valence-electron chi connectivity index (χ0n) is 7.89. The first-order chi connectivity index (χ1) is 5.17. The highest BCUT2D eigenvalue weighted by Gasteiger charge is 2.19. The first-order valence-corrected chi connectivity index (χ1v) is 4.23. The highest BCUT2D eigenvalue weighted by molar-refractivity contribution is 5.84. The third-order valence-electron chi connectivity index (χ3n) is 2.07. The second-order valence-electron chi connectivity index (χ2n) is 2.84. The van der Waals surface area contributed by atoms with E-state index in [1.165, 1.54) is 0 Å². The van der Waals surface area contributed by atoms with E-state index < -0.39 is 0 Å². The summed E-state index contributed by atoms with van der Waals surface area (Å²) in [5.41, 5.74) is 0. The van der Waals surface area contributed by atoms with Crippen molar-refractivity contribution in [2.45, 2.75) is 39.7 Å². The van der Waals surface area contributed by atoms with Crippen molar-refractivity contribution >= 4 is 5.78 Å². The molecule has 66 valence electrons. The van der Waals surface area contributed by atoms with Gasteiger partial charge in [0.1, 0.15) is 6.10 Å². The Kier molecular flexibility index (Phi) is 5.12. The molecule has 0 rings (SSSR count). The van der Waals surface area contributed by atoms with Crippen molar-refractivity contribution < 1.29 is 9.53 Å². The number of carbonyl (C=O) groups is 1. The summed E-state index contributed by atoms with van der Waals surface area (Å²) in [6.07, 6.45) is 1.49. The lowest BCUT2D eigenvalue weighted by atomic mass is 9.98. The average Bonchev–Trinajstić information content (AvgIpc) is 2.05. The van der Waals surface area contributed by atoms with Crippen LogP contribution in [-0.4, -0.2) is 19.0 Å². The zero-order chi connectivity index (χ0) is 8.85. The van der Waals surface area contributed by atoms with E-state index in [4.69, 9.17) is 4.74 Å². The van der Waals surface area contributed by atoms with E-state index in [1.54, 1.807) is 7.11 Å². The molecule has 0 saturated carbocycles. The van der Waals surface area contributed by atoms with E-state index in [0.29, 0.717) is 0 Å². The van der Waals surface area contributed by atoms with Gasteiger partial charge in [-0.2, -0.15) is 0 Å². The predicted octanol–water partition coefficient (Wildman–Crippen LogP) is 2.03. The molecule has 0 saturated heterocycles. The lowest BCUT2D eigenvalue weighted by Gasteiger charge is -2.15. The molecule has 0 aliphatic carbocycles. The third kappa shape index (κ3) is 3.02. The van der Waals surface area contributed by atoms with Crippen LogP contribution in [0, 0.1) is 5.92 Å². The number of methoxy groups -OCH3 is 1. The second kappa shape index (κ2) is 5.30. The second-order valence-corrected chi connectivity index (χ2v) is 2.84. The van der Waals surface area contributed by atoms with Crippen LogP contribution in [0.2, 0.25) is 0 Å². The van der Waals surface area contributed by atoms with Gasteiger partial charge >= 0.3 is 0 Å². The highest BCUT2D eigenvalue weighted by Crippen LogP contribution is 2.09. The van der Waals surface area contributed by atoms with Crippen molar-refractivity contribution in [3.05, 3.63) is 0 Å². The number of hydrogen-bond donors (Lipinski definition) is 0. The number of hydrogen-bond acceptors (Lipinski definition) is 2. The fraction of sp³-hybridized carbons (Fsp3) is 0.889. The van der Waals surface area contributed by atoms with Gasteiger partial charge in [-0.3, -0.25) is 4.79 Å². The Bertz CT molecular complexity index is 117. The molecule has 2 unspecified atom stereocenters. The predicted molar refractivity (Wildman–Crippen MR) is 45.6 cm³/mol. The zero-order valence-corrected chi connectivity index (χ0v) is 7.89.